The third kappa shape index (κ3) is 5.15. The van der Waals surface area contributed by atoms with Gasteiger partial charge in [-0.15, -0.1) is 11.3 Å². The number of sulfonamides is 1. The second-order valence-corrected chi connectivity index (χ2v) is 11.1. The summed E-state index contributed by atoms with van der Waals surface area (Å²) in [5, 5.41) is 8.79. The normalized spacial score (nSPS) is 17.1. The van der Waals surface area contributed by atoms with E-state index in [1.165, 1.54) is 4.31 Å². The second kappa shape index (κ2) is 8.41. The number of nitrogens with zero attached hydrogens (tertiary/aromatic N) is 2. The highest BCUT2D eigenvalue weighted by Gasteiger charge is 2.36. The van der Waals surface area contributed by atoms with Crippen LogP contribution in [0.15, 0.2) is 26.9 Å². The molecule has 0 spiro atoms. The zero-order valence-corrected chi connectivity index (χ0v) is 18.8. The molecule has 9 heteroatoms. The van der Waals surface area contributed by atoms with Crippen LogP contribution in [0.25, 0.3) is 12.2 Å². The summed E-state index contributed by atoms with van der Waals surface area (Å²) >= 11 is 1.55. The largest absolute Gasteiger partial charge is 0.355 e. The predicted molar refractivity (Wildman–Crippen MR) is 114 cm³/mol. The fourth-order valence-electron chi connectivity index (χ4n) is 3.30. The molecule has 0 aliphatic carbocycles. The topological polar surface area (TPSA) is 92.5 Å². The first kappa shape index (κ1) is 21.7. The number of piperidine rings is 1. The van der Waals surface area contributed by atoms with E-state index in [0.29, 0.717) is 31.6 Å². The lowest BCUT2D eigenvalue weighted by atomic mass is 9.96. The van der Waals surface area contributed by atoms with Gasteiger partial charge < -0.3 is 9.84 Å². The zero-order chi connectivity index (χ0) is 21.2. The number of hydrogen-bond donors (Lipinski definition) is 1. The summed E-state index contributed by atoms with van der Waals surface area (Å²) in [6.45, 7) is 8.02. The van der Waals surface area contributed by atoms with Crippen molar-refractivity contribution >= 4 is 39.4 Å². The van der Waals surface area contributed by atoms with Crippen LogP contribution in [-0.2, 0) is 14.8 Å². The summed E-state index contributed by atoms with van der Waals surface area (Å²) in [6, 6.07) is 3.86. The number of hydrogen-bond acceptors (Lipinski definition) is 6. The lowest BCUT2D eigenvalue weighted by Gasteiger charge is -2.32. The van der Waals surface area contributed by atoms with Gasteiger partial charge in [-0.25, -0.2) is 8.42 Å². The lowest BCUT2D eigenvalue weighted by Crippen LogP contribution is -2.47. The highest BCUT2D eigenvalue weighted by molar-refractivity contribution is 7.89. The van der Waals surface area contributed by atoms with Gasteiger partial charge in [0, 0.05) is 29.4 Å². The molecule has 1 N–H and O–H groups in total. The SMILES string of the molecule is Cc1noc(C=Cc2cccs2)c1S(=O)(=O)N1CCC(C(=O)NC(C)(C)C)CC1. The van der Waals surface area contributed by atoms with Gasteiger partial charge in [0.25, 0.3) is 0 Å². The summed E-state index contributed by atoms with van der Waals surface area (Å²) in [6.07, 6.45) is 4.44. The highest BCUT2D eigenvalue weighted by Crippen LogP contribution is 2.29. The number of aromatic nitrogens is 1. The third-order valence-corrected chi connectivity index (χ3v) is 7.59. The van der Waals surface area contributed by atoms with E-state index in [1.54, 1.807) is 24.3 Å². The standard InChI is InChI=1S/C20H27N3O4S2/c1-14-18(17(27-22-14)8-7-16-6-5-13-28-16)29(25,26)23-11-9-15(10-12-23)19(24)21-20(2,3)4/h5-8,13,15H,9-12H2,1-4H3,(H,21,24). The van der Waals surface area contributed by atoms with Gasteiger partial charge in [-0.3, -0.25) is 4.79 Å². The third-order valence-electron chi connectivity index (χ3n) is 4.70. The molecule has 1 fully saturated rings. The maximum absolute atomic E-state index is 13.3. The molecule has 0 saturated carbocycles. The van der Waals surface area contributed by atoms with Crippen LogP contribution in [-0.4, -0.2) is 42.4 Å². The van der Waals surface area contributed by atoms with Crippen molar-refractivity contribution in [2.24, 2.45) is 5.92 Å². The Hall–Kier alpha value is -1.97. The van der Waals surface area contributed by atoms with E-state index in [1.807, 2.05) is 44.4 Å². The molecule has 2 aromatic heterocycles. The molecule has 0 atom stereocenters. The second-order valence-electron chi connectivity index (χ2n) is 8.23. The average Bonchev–Trinajstić information content (AvgIpc) is 3.28. The van der Waals surface area contributed by atoms with E-state index >= 15 is 0 Å². The van der Waals surface area contributed by atoms with Crippen molar-refractivity contribution in [2.75, 3.05) is 13.1 Å². The Morgan fingerprint density at radius 2 is 2.00 bits per heavy atom. The minimum Gasteiger partial charge on any atom is -0.355 e. The molecule has 7 nitrogen and oxygen atoms in total. The molecule has 158 valence electrons. The molecule has 3 rings (SSSR count). The van der Waals surface area contributed by atoms with Gasteiger partial charge in [-0.2, -0.15) is 4.31 Å². The maximum atomic E-state index is 13.3. The van der Waals surface area contributed by atoms with E-state index in [-0.39, 0.29) is 28.0 Å². The molecule has 1 aliphatic heterocycles. The van der Waals surface area contributed by atoms with Crippen molar-refractivity contribution in [2.45, 2.75) is 51.0 Å². The Kier molecular flexibility index (Phi) is 6.30. The fraction of sp³-hybridized carbons (Fsp3) is 0.500. The van der Waals surface area contributed by atoms with Crippen molar-refractivity contribution in [1.29, 1.82) is 0 Å². The first-order valence-corrected chi connectivity index (χ1v) is 11.9. The molecule has 0 bridgehead atoms. The molecule has 0 unspecified atom stereocenters. The molecule has 3 heterocycles. The van der Waals surface area contributed by atoms with Crippen molar-refractivity contribution < 1.29 is 17.7 Å². The van der Waals surface area contributed by atoms with E-state index in [0.717, 1.165) is 4.88 Å². The Morgan fingerprint density at radius 1 is 1.31 bits per heavy atom. The van der Waals surface area contributed by atoms with Crippen LogP contribution in [0.5, 0.6) is 0 Å². The number of thiophene rings is 1. The smallest absolute Gasteiger partial charge is 0.248 e. The molecule has 29 heavy (non-hydrogen) atoms. The van der Waals surface area contributed by atoms with Crippen LogP contribution in [0.1, 0.15) is 49.9 Å². The predicted octanol–water partition coefficient (Wildman–Crippen LogP) is 3.53. The van der Waals surface area contributed by atoms with Gasteiger partial charge in [0.15, 0.2) is 10.7 Å². The highest BCUT2D eigenvalue weighted by atomic mass is 32.2. The van der Waals surface area contributed by atoms with Crippen molar-refractivity contribution in [3.8, 4) is 0 Å². The molecule has 0 aromatic carbocycles. The molecule has 1 amide bonds. The van der Waals surface area contributed by atoms with Crippen LogP contribution in [0, 0.1) is 12.8 Å². The number of carbonyl (C=O) groups excluding carboxylic acids is 1. The zero-order valence-electron chi connectivity index (χ0n) is 17.1. The van der Waals surface area contributed by atoms with Gasteiger partial charge in [0.2, 0.25) is 15.9 Å². The quantitative estimate of drug-likeness (QED) is 0.772. The van der Waals surface area contributed by atoms with Crippen molar-refractivity contribution in [1.82, 2.24) is 14.8 Å². The van der Waals surface area contributed by atoms with Gasteiger partial charge >= 0.3 is 0 Å². The van der Waals surface area contributed by atoms with Crippen LogP contribution in [0.3, 0.4) is 0 Å². The minimum atomic E-state index is -3.76. The van der Waals surface area contributed by atoms with E-state index in [4.69, 9.17) is 4.52 Å². The maximum Gasteiger partial charge on any atom is 0.248 e. The van der Waals surface area contributed by atoms with Gasteiger partial charge in [0.05, 0.1) is 0 Å². The monoisotopic (exact) mass is 437 g/mol. The Balaban J connectivity index is 1.74. The van der Waals surface area contributed by atoms with Crippen LogP contribution in [0.2, 0.25) is 0 Å². The molecular formula is C20H27N3O4S2. The first-order valence-electron chi connectivity index (χ1n) is 9.58. The van der Waals surface area contributed by atoms with E-state index in [2.05, 4.69) is 10.5 Å². The first-order chi connectivity index (χ1) is 13.6. The summed E-state index contributed by atoms with van der Waals surface area (Å²) in [5.74, 6) is 0.0289. The number of carbonyl (C=O) groups is 1. The van der Waals surface area contributed by atoms with Crippen LogP contribution >= 0.6 is 11.3 Å². The molecular weight excluding hydrogens is 410 g/mol. The summed E-state index contributed by atoms with van der Waals surface area (Å²) < 4.78 is 33.2. The Morgan fingerprint density at radius 3 is 2.59 bits per heavy atom. The molecule has 1 aliphatic rings. The molecule has 0 radical (unpaired) electrons. The van der Waals surface area contributed by atoms with Crippen molar-refractivity contribution in [3.05, 3.63) is 33.8 Å². The lowest BCUT2D eigenvalue weighted by molar-refractivity contribution is -0.127. The Bertz CT molecular complexity index is 978. The summed E-state index contributed by atoms with van der Waals surface area (Å²) in [7, 11) is -3.76. The number of nitrogens with one attached hydrogen (secondary N) is 1. The average molecular weight is 438 g/mol. The van der Waals surface area contributed by atoms with Gasteiger partial charge in [-0.05, 0) is 64.1 Å². The minimum absolute atomic E-state index is 0.0183. The van der Waals surface area contributed by atoms with Crippen LogP contribution < -0.4 is 5.32 Å². The number of rotatable bonds is 5. The summed E-state index contributed by atoms with van der Waals surface area (Å²) in [5.41, 5.74) is 0.0346. The molecule has 2 aromatic rings. The van der Waals surface area contributed by atoms with E-state index < -0.39 is 10.0 Å². The Labute approximate surface area is 175 Å². The molecule has 1 saturated heterocycles. The number of aryl methyl sites for hydroxylation is 1. The fourth-order valence-corrected chi connectivity index (χ4v) is 5.64. The van der Waals surface area contributed by atoms with Gasteiger partial charge in [0.1, 0.15) is 5.69 Å². The van der Waals surface area contributed by atoms with Gasteiger partial charge in [-0.1, -0.05) is 11.2 Å². The number of amides is 1. The van der Waals surface area contributed by atoms with Crippen LogP contribution in [0.4, 0.5) is 0 Å². The summed E-state index contributed by atoms with van der Waals surface area (Å²) in [4.78, 5) is 13.5. The van der Waals surface area contributed by atoms with E-state index in [9.17, 15) is 13.2 Å². The van der Waals surface area contributed by atoms with Crippen molar-refractivity contribution in [3.63, 3.8) is 0 Å².